The Hall–Kier alpha value is -3.18. The molecule has 0 aliphatic carbocycles. The largest absolute Gasteiger partial charge is 0.332 e. The zero-order valence-corrected chi connectivity index (χ0v) is 14.8. The van der Waals surface area contributed by atoms with Gasteiger partial charge in [0, 0.05) is 30.5 Å². The highest BCUT2D eigenvalue weighted by Gasteiger charge is 2.15. The van der Waals surface area contributed by atoms with Crippen molar-refractivity contribution in [3.63, 3.8) is 0 Å². The zero-order chi connectivity index (χ0) is 18.4. The minimum absolute atomic E-state index is 0.00375. The van der Waals surface area contributed by atoms with E-state index in [9.17, 15) is 8.42 Å². The van der Waals surface area contributed by atoms with Crippen LogP contribution in [-0.2, 0) is 10.0 Å². The van der Waals surface area contributed by atoms with Crippen LogP contribution in [0.3, 0.4) is 0 Å². The molecule has 2 aromatic heterocycles. The number of nitrogens with zero attached hydrogens (tertiary/aromatic N) is 4. The molecule has 3 aromatic rings. The van der Waals surface area contributed by atoms with Gasteiger partial charge in [0.25, 0.3) is 10.0 Å². The molecule has 0 saturated carbocycles. The van der Waals surface area contributed by atoms with Crippen LogP contribution >= 0.6 is 12.2 Å². The van der Waals surface area contributed by atoms with Gasteiger partial charge in [-0.25, -0.2) is 28.1 Å². The molecule has 11 heteroatoms. The fourth-order valence-corrected chi connectivity index (χ4v) is 3.07. The van der Waals surface area contributed by atoms with Crippen LogP contribution in [0.4, 0.5) is 17.5 Å². The molecule has 0 amide bonds. The lowest BCUT2D eigenvalue weighted by molar-refractivity contribution is 0.601. The van der Waals surface area contributed by atoms with Crippen molar-refractivity contribution in [2.75, 3.05) is 15.4 Å². The Morgan fingerprint density at radius 3 is 2.31 bits per heavy atom. The summed E-state index contributed by atoms with van der Waals surface area (Å²) in [4.78, 5) is 15.7. The highest BCUT2D eigenvalue weighted by atomic mass is 32.2. The molecule has 0 fully saturated rings. The minimum atomic E-state index is -3.78. The van der Waals surface area contributed by atoms with Crippen LogP contribution < -0.4 is 15.4 Å². The molecule has 9 nitrogen and oxygen atoms in total. The van der Waals surface area contributed by atoms with Gasteiger partial charge in [-0.2, -0.15) is 0 Å². The van der Waals surface area contributed by atoms with E-state index < -0.39 is 10.0 Å². The number of hydrogen-bond acceptors (Lipinski definition) is 7. The lowest BCUT2D eigenvalue weighted by atomic mass is 10.3. The number of hydrogen-bond donors (Lipinski definition) is 3. The van der Waals surface area contributed by atoms with E-state index in [4.69, 9.17) is 12.2 Å². The van der Waals surface area contributed by atoms with Crippen LogP contribution in [0.15, 0.2) is 66.2 Å². The van der Waals surface area contributed by atoms with Crippen LogP contribution in [0.1, 0.15) is 0 Å². The minimum Gasteiger partial charge on any atom is -0.332 e. The van der Waals surface area contributed by atoms with E-state index in [1.807, 2.05) is 0 Å². The van der Waals surface area contributed by atoms with Gasteiger partial charge in [0.1, 0.15) is 0 Å². The van der Waals surface area contributed by atoms with E-state index >= 15 is 0 Å². The summed E-state index contributed by atoms with van der Waals surface area (Å²) >= 11 is 5.17. The van der Waals surface area contributed by atoms with Gasteiger partial charge < -0.3 is 10.6 Å². The normalized spacial score (nSPS) is 10.8. The standard InChI is InChI=1S/C15H13N7O2S2/c23-26(24,22-14-18-6-1-7-19-14)12-4-2-11(3-5-12)20-15(25)21-13-10-16-8-9-17-13/h1-10H,(H,18,19,22)(H2,17,20,21,25). The maximum Gasteiger partial charge on any atom is 0.264 e. The predicted molar refractivity (Wildman–Crippen MR) is 101 cm³/mol. The summed E-state index contributed by atoms with van der Waals surface area (Å²) < 4.78 is 26.9. The maximum absolute atomic E-state index is 12.3. The molecule has 0 aliphatic heterocycles. The molecule has 0 radical (unpaired) electrons. The van der Waals surface area contributed by atoms with Gasteiger partial charge in [-0.1, -0.05) is 0 Å². The molecule has 3 N–H and O–H groups in total. The van der Waals surface area contributed by atoms with Gasteiger partial charge in [-0.15, -0.1) is 0 Å². The van der Waals surface area contributed by atoms with Crippen LogP contribution in [0, 0.1) is 0 Å². The lowest BCUT2D eigenvalue weighted by Gasteiger charge is -2.10. The van der Waals surface area contributed by atoms with Gasteiger partial charge in [0.15, 0.2) is 10.9 Å². The van der Waals surface area contributed by atoms with Crippen molar-refractivity contribution in [1.82, 2.24) is 19.9 Å². The van der Waals surface area contributed by atoms with Gasteiger partial charge in [-0.3, -0.25) is 4.98 Å². The van der Waals surface area contributed by atoms with Crippen LogP contribution in [0.2, 0.25) is 0 Å². The van der Waals surface area contributed by atoms with Crippen LogP contribution in [0.5, 0.6) is 0 Å². The summed E-state index contributed by atoms with van der Waals surface area (Å²) in [5.41, 5.74) is 0.612. The first-order chi connectivity index (χ1) is 12.5. The van der Waals surface area contributed by atoms with Crippen molar-refractivity contribution in [1.29, 1.82) is 0 Å². The molecular formula is C15H13N7O2S2. The van der Waals surface area contributed by atoms with Crippen molar-refractivity contribution in [2.24, 2.45) is 0 Å². The Bertz CT molecular complexity index is 982. The summed E-state index contributed by atoms with van der Waals surface area (Å²) in [5, 5.41) is 6.10. The highest BCUT2D eigenvalue weighted by molar-refractivity contribution is 7.92. The number of rotatable bonds is 5. The van der Waals surface area contributed by atoms with Gasteiger partial charge in [0.2, 0.25) is 5.95 Å². The van der Waals surface area contributed by atoms with Crippen molar-refractivity contribution < 1.29 is 8.42 Å². The van der Waals surface area contributed by atoms with E-state index in [-0.39, 0.29) is 10.8 Å². The third-order valence-electron chi connectivity index (χ3n) is 3.02. The topological polar surface area (TPSA) is 122 Å². The van der Waals surface area contributed by atoms with E-state index in [0.29, 0.717) is 16.6 Å². The third kappa shape index (κ3) is 4.68. The molecule has 0 aliphatic rings. The second-order valence-electron chi connectivity index (χ2n) is 4.87. The molecule has 26 heavy (non-hydrogen) atoms. The molecule has 1 aromatic carbocycles. The summed E-state index contributed by atoms with van der Waals surface area (Å²) in [6.45, 7) is 0. The number of benzene rings is 1. The average molecular weight is 387 g/mol. The number of aromatic nitrogens is 4. The van der Waals surface area contributed by atoms with Crippen molar-refractivity contribution in [2.45, 2.75) is 4.90 Å². The first-order valence-corrected chi connectivity index (χ1v) is 9.16. The summed E-state index contributed by atoms with van der Waals surface area (Å²) in [7, 11) is -3.78. The first kappa shape index (κ1) is 17.6. The number of thiocarbonyl (C=S) groups is 1. The van der Waals surface area contributed by atoms with Gasteiger partial charge in [-0.05, 0) is 42.5 Å². The monoisotopic (exact) mass is 387 g/mol. The SMILES string of the molecule is O=S(=O)(Nc1ncccn1)c1ccc(NC(=S)Nc2cnccn2)cc1. The molecule has 0 spiro atoms. The molecule has 0 unspecified atom stereocenters. The molecule has 3 rings (SSSR count). The Morgan fingerprint density at radius 2 is 1.65 bits per heavy atom. The van der Waals surface area contributed by atoms with E-state index in [2.05, 4.69) is 35.3 Å². The van der Waals surface area contributed by atoms with Gasteiger partial charge >= 0.3 is 0 Å². The fraction of sp³-hybridized carbons (Fsp3) is 0. The number of sulfonamides is 1. The first-order valence-electron chi connectivity index (χ1n) is 7.27. The average Bonchev–Trinajstić information content (AvgIpc) is 2.63. The van der Waals surface area contributed by atoms with Gasteiger partial charge in [0.05, 0.1) is 11.1 Å². The van der Waals surface area contributed by atoms with E-state index in [0.717, 1.165) is 0 Å². The third-order valence-corrected chi connectivity index (χ3v) is 4.57. The Morgan fingerprint density at radius 1 is 0.923 bits per heavy atom. The number of anilines is 3. The second-order valence-corrected chi connectivity index (χ2v) is 6.96. The van der Waals surface area contributed by atoms with Crippen molar-refractivity contribution >= 4 is 44.8 Å². The Balaban J connectivity index is 1.65. The smallest absolute Gasteiger partial charge is 0.264 e. The highest BCUT2D eigenvalue weighted by Crippen LogP contribution is 2.16. The van der Waals surface area contributed by atoms with Crippen molar-refractivity contribution in [3.05, 3.63) is 61.3 Å². The Kier molecular flexibility index (Phi) is 5.29. The summed E-state index contributed by atoms with van der Waals surface area (Å²) in [6.07, 6.45) is 7.51. The van der Waals surface area contributed by atoms with Crippen LogP contribution in [0.25, 0.3) is 0 Å². The molecule has 0 saturated heterocycles. The van der Waals surface area contributed by atoms with Crippen molar-refractivity contribution in [3.8, 4) is 0 Å². The fourth-order valence-electron chi connectivity index (χ4n) is 1.89. The molecule has 2 heterocycles. The summed E-state index contributed by atoms with van der Waals surface area (Å²) in [6, 6.07) is 7.66. The zero-order valence-electron chi connectivity index (χ0n) is 13.2. The quantitative estimate of drug-likeness (QED) is 0.563. The lowest BCUT2D eigenvalue weighted by Crippen LogP contribution is -2.20. The molecule has 0 atom stereocenters. The van der Waals surface area contributed by atoms with E-state index in [1.54, 1.807) is 24.4 Å². The Labute approximate surface area is 155 Å². The molecule has 132 valence electrons. The molecular weight excluding hydrogens is 374 g/mol. The van der Waals surface area contributed by atoms with Crippen LogP contribution in [-0.4, -0.2) is 33.5 Å². The van der Waals surface area contributed by atoms with E-state index in [1.165, 1.54) is 36.9 Å². The molecule has 0 bridgehead atoms. The maximum atomic E-state index is 12.3. The second kappa shape index (κ2) is 7.80. The summed E-state index contributed by atoms with van der Waals surface area (Å²) in [5.74, 6) is 0.500. The number of nitrogens with one attached hydrogen (secondary N) is 3. The predicted octanol–water partition coefficient (Wildman–Crippen LogP) is 1.88.